The van der Waals surface area contributed by atoms with E-state index in [1.807, 2.05) is 24.3 Å². The Morgan fingerprint density at radius 3 is 2.69 bits per heavy atom. The van der Waals surface area contributed by atoms with Crippen LogP contribution in [0, 0.1) is 0 Å². The fraction of sp³-hybridized carbons (Fsp3) is 0. The normalized spacial score (nSPS) is 10.1. The third kappa shape index (κ3) is 1.94. The lowest BCUT2D eigenvalue weighted by Gasteiger charge is -2.06. The summed E-state index contributed by atoms with van der Waals surface area (Å²) in [5, 5.41) is 9.01. The Morgan fingerprint density at radius 2 is 2.00 bits per heavy atom. The molecule has 0 aliphatic carbocycles. The molecule has 1 aromatic heterocycles. The zero-order valence-corrected chi connectivity index (χ0v) is 9.68. The highest BCUT2D eigenvalue weighted by molar-refractivity contribution is 9.10. The minimum absolute atomic E-state index is 0.00176. The van der Waals surface area contributed by atoms with Crippen LogP contribution in [0.3, 0.4) is 0 Å². The van der Waals surface area contributed by atoms with Crippen molar-refractivity contribution < 1.29 is 9.90 Å². The van der Waals surface area contributed by atoms with Crippen LogP contribution in [0.25, 0.3) is 11.1 Å². The highest BCUT2D eigenvalue weighted by Gasteiger charge is 2.14. The summed E-state index contributed by atoms with van der Waals surface area (Å²) in [6.07, 6.45) is 2.72. The maximum Gasteiger partial charge on any atom is 0.355 e. The minimum atomic E-state index is -1.06. The average Bonchev–Trinajstić information content (AvgIpc) is 2.29. The molecule has 1 heterocycles. The van der Waals surface area contributed by atoms with Gasteiger partial charge in [0, 0.05) is 16.2 Å². The minimum Gasteiger partial charge on any atom is -0.476 e. The molecule has 0 fully saturated rings. The number of hydrogen-bond donors (Lipinski definition) is 1. The second-order valence-corrected chi connectivity index (χ2v) is 3.92. The van der Waals surface area contributed by atoms with Crippen LogP contribution in [0.2, 0.25) is 0 Å². The van der Waals surface area contributed by atoms with E-state index in [2.05, 4.69) is 25.9 Å². The van der Waals surface area contributed by atoms with Gasteiger partial charge < -0.3 is 5.11 Å². The van der Waals surface area contributed by atoms with Crippen molar-refractivity contribution in [2.24, 2.45) is 0 Å². The van der Waals surface area contributed by atoms with Crippen molar-refractivity contribution in [3.63, 3.8) is 0 Å². The molecule has 0 amide bonds. The number of carbonyl (C=O) groups is 1. The first-order valence-corrected chi connectivity index (χ1v) is 5.27. The standard InChI is InChI=1S/C11H7BrN2O2/c12-9-4-2-1-3-7(9)8-5-13-6-14-10(8)11(15)16/h1-6H,(H,15,16). The van der Waals surface area contributed by atoms with E-state index in [0.29, 0.717) is 5.56 Å². The Hall–Kier alpha value is -1.75. The largest absolute Gasteiger partial charge is 0.476 e. The second-order valence-electron chi connectivity index (χ2n) is 3.07. The van der Waals surface area contributed by atoms with Gasteiger partial charge in [0.1, 0.15) is 6.33 Å². The van der Waals surface area contributed by atoms with E-state index in [4.69, 9.17) is 5.11 Å². The molecular weight excluding hydrogens is 272 g/mol. The summed E-state index contributed by atoms with van der Waals surface area (Å²) in [5.74, 6) is -1.06. The molecule has 0 saturated heterocycles. The third-order valence-electron chi connectivity index (χ3n) is 2.08. The van der Waals surface area contributed by atoms with Gasteiger partial charge in [-0.15, -0.1) is 0 Å². The first kappa shape index (κ1) is 10.8. The van der Waals surface area contributed by atoms with Gasteiger partial charge in [-0.1, -0.05) is 34.1 Å². The van der Waals surface area contributed by atoms with Crippen molar-refractivity contribution in [1.29, 1.82) is 0 Å². The van der Waals surface area contributed by atoms with Gasteiger partial charge in [0.25, 0.3) is 0 Å². The monoisotopic (exact) mass is 278 g/mol. The van der Waals surface area contributed by atoms with E-state index in [-0.39, 0.29) is 5.69 Å². The van der Waals surface area contributed by atoms with Gasteiger partial charge in [-0.25, -0.2) is 14.8 Å². The number of aromatic nitrogens is 2. The van der Waals surface area contributed by atoms with Crippen LogP contribution in [0.15, 0.2) is 41.3 Å². The van der Waals surface area contributed by atoms with E-state index < -0.39 is 5.97 Å². The molecule has 1 aromatic carbocycles. The van der Waals surface area contributed by atoms with Gasteiger partial charge in [-0.3, -0.25) is 0 Å². The fourth-order valence-electron chi connectivity index (χ4n) is 1.38. The average molecular weight is 279 g/mol. The van der Waals surface area contributed by atoms with Crippen LogP contribution >= 0.6 is 15.9 Å². The van der Waals surface area contributed by atoms with Crippen LogP contribution in [-0.2, 0) is 0 Å². The molecule has 0 unspecified atom stereocenters. The van der Waals surface area contributed by atoms with Crippen molar-refractivity contribution in [3.8, 4) is 11.1 Å². The molecule has 4 nitrogen and oxygen atoms in total. The molecule has 0 radical (unpaired) electrons. The maximum absolute atomic E-state index is 11.0. The first-order valence-electron chi connectivity index (χ1n) is 4.48. The molecule has 2 rings (SSSR count). The first-order chi connectivity index (χ1) is 7.70. The zero-order chi connectivity index (χ0) is 11.5. The lowest BCUT2D eigenvalue weighted by molar-refractivity contribution is 0.0691. The third-order valence-corrected chi connectivity index (χ3v) is 2.77. The molecule has 2 aromatic rings. The summed E-state index contributed by atoms with van der Waals surface area (Å²) in [4.78, 5) is 18.6. The Labute approximate surface area is 100 Å². The summed E-state index contributed by atoms with van der Waals surface area (Å²) in [5.41, 5.74) is 1.27. The molecule has 1 N–H and O–H groups in total. The summed E-state index contributed by atoms with van der Waals surface area (Å²) >= 11 is 3.37. The van der Waals surface area contributed by atoms with Gasteiger partial charge in [0.2, 0.25) is 0 Å². The summed E-state index contributed by atoms with van der Waals surface area (Å²) in [7, 11) is 0. The number of benzene rings is 1. The Kier molecular flexibility index (Phi) is 2.96. The smallest absolute Gasteiger partial charge is 0.355 e. The van der Waals surface area contributed by atoms with Crippen molar-refractivity contribution >= 4 is 21.9 Å². The number of nitrogens with zero attached hydrogens (tertiary/aromatic N) is 2. The molecule has 80 valence electrons. The lowest BCUT2D eigenvalue weighted by atomic mass is 10.1. The van der Waals surface area contributed by atoms with E-state index in [1.54, 1.807) is 0 Å². The highest BCUT2D eigenvalue weighted by atomic mass is 79.9. The summed E-state index contributed by atoms with van der Waals surface area (Å²) in [6, 6.07) is 7.35. The number of halogens is 1. The summed E-state index contributed by atoms with van der Waals surface area (Å²) < 4.78 is 0.812. The SMILES string of the molecule is O=C(O)c1ncncc1-c1ccccc1Br. The van der Waals surface area contributed by atoms with Crippen molar-refractivity contribution in [3.05, 3.63) is 47.0 Å². The topological polar surface area (TPSA) is 63.1 Å². The number of carboxylic acids is 1. The van der Waals surface area contributed by atoms with E-state index in [9.17, 15) is 4.79 Å². The van der Waals surface area contributed by atoms with Crippen LogP contribution in [-0.4, -0.2) is 21.0 Å². The van der Waals surface area contributed by atoms with Crippen molar-refractivity contribution in [2.45, 2.75) is 0 Å². The number of aromatic carboxylic acids is 1. The van der Waals surface area contributed by atoms with Gasteiger partial charge >= 0.3 is 5.97 Å². The van der Waals surface area contributed by atoms with Gasteiger partial charge in [0.05, 0.1) is 0 Å². The zero-order valence-electron chi connectivity index (χ0n) is 8.09. The molecule has 0 aliphatic heterocycles. The Bertz CT molecular complexity index is 543. The van der Waals surface area contributed by atoms with E-state index >= 15 is 0 Å². The van der Waals surface area contributed by atoms with Gasteiger partial charge in [-0.05, 0) is 11.6 Å². The Balaban J connectivity index is 2.65. The summed E-state index contributed by atoms with van der Waals surface area (Å²) in [6.45, 7) is 0. The van der Waals surface area contributed by atoms with Gasteiger partial charge in [0.15, 0.2) is 5.69 Å². The number of carboxylic acid groups (broad SMARTS) is 1. The quantitative estimate of drug-likeness (QED) is 0.917. The molecule has 0 aliphatic rings. The van der Waals surface area contributed by atoms with Gasteiger partial charge in [-0.2, -0.15) is 0 Å². The van der Waals surface area contributed by atoms with Crippen LogP contribution in [0.5, 0.6) is 0 Å². The van der Waals surface area contributed by atoms with E-state index in [0.717, 1.165) is 10.0 Å². The second kappa shape index (κ2) is 4.40. The fourth-order valence-corrected chi connectivity index (χ4v) is 1.88. The van der Waals surface area contributed by atoms with Crippen LogP contribution in [0.4, 0.5) is 0 Å². The molecule has 0 atom stereocenters. The molecule has 0 saturated carbocycles. The Morgan fingerprint density at radius 1 is 1.25 bits per heavy atom. The number of hydrogen-bond acceptors (Lipinski definition) is 3. The predicted octanol–water partition coefficient (Wildman–Crippen LogP) is 2.60. The molecule has 5 heteroatoms. The predicted molar refractivity (Wildman–Crippen MR) is 62.1 cm³/mol. The maximum atomic E-state index is 11.0. The van der Waals surface area contributed by atoms with Crippen molar-refractivity contribution in [2.75, 3.05) is 0 Å². The molecule has 0 bridgehead atoms. The lowest BCUT2D eigenvalue weighted by Crippen LogP contribution is -2.03. The van der Waals surface area contributed by atoms with Crippen molar-refractivity contribution in [1.82, 2.24) is 9.97 Å². The van der Waals surface area contributed by atoms with E-state index in [1.165, 1.54) is 12.5 Å². The molecular formula is C11H7BrN2O2. The highest BCUT2D eigenvalue weighted by Crippen LogP contribution is 2.28. The molecule has 0 spiro atoms. The molecule has 16 heavy (non-hydrogen) atoms. The van der Waals surface area contributed by atoms with Crippen LogP contribution in [0.1, 0.15) is 10.5 Å². The number of rotatable bonds is 2. The van der Waals surface area contributed by atoms with Crippen LogP contribution < -0.4 is 0 Å².